The summed E-state index contributed by atoms with van der Waals surface area (Å²) < 4.78 is 0. The molecule has 1 fully saturated rings. The van der Waals surface area contributed by atoms with Crippen molar-refractivity contribution in [1.29, 1.82) is 0 Å². The van der Waals surface area contributed by atoms with E-state index in [1.54, 1.807) is 18.3 Å². The molecule has 0 saturated carbocycles. The number of hydrogen-bond donors (Lipinski definition) is 2. The first kappa shape index (κ1) is 19.6. The van der Waals surface area contributed by atoms with Crippen LogP contribution in [0.3, 0.4) is 0 Å². The highest BCUT2D eigenvalue weighted by atomic mass is 16.6. The van der Waals surface area contributed by atoms with E-state index in [1.165, 1.54) is 25.0 Å². The van der Waals surface area contributed by atoms with Crippen LogP contribution in [0.4, 0.5) is 17.2 Å². The summed E-state index contributed by atoms with van der Waals surface area (Å²) in [6, 6.07) is 10.2. The summed E-state index contributed by atoms with van der Waals surface area (Å²) in [7, 11) is 0. The smallest absolute Gasteiger partial charge is 0.269 e. The van der Waals surface area contributed by atoms with Gasteiger partial charge in [-0.3, -0.25) is 14.9 Å². The van der Waals surface area contributed by atoms with Gasteiger partial charge in [0.05, 0.1) is 4.92 Å². The van der Waals surface area contributed by atoms with E-state index in [0.717, 1.165) is 30.2 Å². The van der Waals surface area contributed by atoms with Crippen molar-refractivity contribution in [2.45, 2.75) is 32.2 Å². The van der Waals surface area contributed by atoms with Gasteiger partial charge in [0.2, 0.25) is 5.91 Å². The number of nitro benzene ring substituents is 1. The molecule has 0 atom stereocenters. The highest BCUT2D eigenvalue weighted by molar-refractivity contribution is 5.75. The van der Waals surface area contributed by atoms with E-state index >= 15 is 0 Å². The zero-order valence-electron chi connectivity index (χ0n) is 15.8. The number of hydrogen-bond acceptors (Lipinski definition) is 6. The summed E-state index contributed by atoms with van der Waals surface area (Å²) in [6.45, 7) is 3.21. The Kier molecular flexibility index (Phi) is 6.78. The fourth-order valence-electron chi connectivity index (χ4n) is 3.16. The lowest BCUT2D eigenvalue weighted by Crippen LogP contribution is -2.24. The first-order valence-electron chi connectivity index (χ1n) is 9.57. The van der Waals surface area contributed by atoms with Crippen molar-refractivity contribution in [3.8, 4) is 0 Å². The van der Waals surface area contributed by atoms with Crippen LogP contribution < -0.4 is 15.5 Å². The van der Waals surface area contributed by atoms with Crippen molar-refractivity contribution in [2.75, 3.05) is 29.9 Å². The van der Waals surface area contributed by atoms with Gasteiger partial charge in [-0.05, 0) is 49.1 Å². The number of nitro groups is 1. The van der Waals surface area contributed by atoms with Gasteiger partial charge in [0.1, 0.15) is 5.82 Å². The lowest BCUT2D eigenvalue weighted by Gasteiger charge is -2.17. The number of nitrogens with zero attached hydrogens (tertiary/aromatic N) is 3. The summed E-state index contributed by atoms with van der Waals surface area (Å²) >= 11 is 0. The van der Waals surface area contributed by atoms with Gasteiger partial charge in [0.15, 0.2) is 0 Å². The molecule has 0 bridgehead atoms. The van der Waals surface area contributed by atoms with Gasteiger partial charge in [-0.25, -0.2) is 4.98 Å². The third-order valence-corrected chi connectivity index (χ3v) is 4.72. The van der Waals surface area contributed by atoms with Crippen LogP contribution >= 0.6 is 0 Å². The maximum absolute atomic E-state index is 12.0. The maximum Gasteiger partial charge on any atom is 0.269 e. The highest BCUT2D eigenvalue weighted by Gasteiger charge is 2.13. The fourth-order valence-corrected chi connectivity index (χ4v) is 3.16. The molecule has 1 amide bonds. The topological polar surface area (TPSA) is 100 Å². The third-order valence-electron chi connectivity index (χ3n) is 4.72. The molecule has 8 heteroatoms. The first-order valence-corrected chi connectivity index (χ1v) is 9.57. The van der Waals surface area contributed by atoms with Crippen molar-refractivity contribution in [3.05, 3.63) is 58.3 Å². The Bertz CT molecular complexity index is 804. The molecular formula is C20H25N5O3. The number of benzene rings is 1. The quantitative estimate of drug-likeness (QED) is 0.392. The molecule has 1 aliphatic heterocycles. The molecule has 0 radical (unpaired) electrons. The minimum Gasteiger partial charge on any atom is -0.385 e. The minimum absolute atomic E-state index is 0.00466. The third kappa shape index (κ3) is 5.67. The molecule has 1 aromatic heterocycles. The number of nitrogens with one attached hydrogen (secondary N) is 2. The Hall–Kier alpha value is -3.16. The molecule has 2 aromatic rings. The molecule has 2 heterocycles. The average Bonchev–Trinajstić information content (AvgIpc) is 3.25. The molecule has 3 rings (SSSR count). The Labute approximate surface area is 164 Å². The number of carbonyl (C=O) groups is 1. The van der Waals surface area contributed by atoms with Gasteiger partial charge in [0, 0.05) is 56.6 Å². The van der Waals surface area contributed by atoms with Gasteiger partial charge in [-0.1, -0.05) is 0 Å². The SMILES string of the molecule is O=C(CCCNc1ccc([N+](=O)[O-])cc1)NCc1ccnc(N2CCCC2)c1. The van der Waals surface area contributed by atoms with Crippen LogP contribution in [0.1, 0.15) is 31.2 Å². The molecule has 28 heavy (non-hydrogen) atoms. The fraction of sp³-hybridized carbons (Fsp3) is 0.400. The van der Waals surface area contributed by atoms with Gasteiger partial charge < -0.3 is 15.5 Å². The van der Waals surface area contributed by atoms with Crippen LogP contribution in [0.15, 0.2) is 42.6 Å². The Morgan fingerprint density at radius 3 is 2.64 bits per heavy atom. The van der Waals surface area contributed by atoms with E-state index in [4.69, 9.17) is 0 Å². The molecule has 1 aromatic carbocycles. The van der Waals surface area contributed by atoms with E-state index in [2.05, 4.69) is 20.5 Å². The lowest BCUT2D eigenvalue weighted by atomic mass is 10.2. The number of anilines is 2. The second-order valence-electron chi connectivity index (χ2n) is 6.83. The predicted octanol–water partition coefficient (Wildman–Crippen LogP) is 3.10. The van der Waals surface area contributed by atoms with E-state index in [1.807, 2.05) is 12.1 Å². The van der Waals surface area contributed by atoms with Gasteiger partial charge in [0.25, 0.3) is 5.69 Å². The first-order chi connectivity index (χ1) is 13.6. The van der Waals surface area contributed by atoms with Crippen molar-refractivity contribution in [2.24, 2.45) is 0 Å². The number of aromatic nitrogens is 1. The van der Waals surface area contributed by atoms with Gasteiger partial charge >= 0.3 is 0 Å². The van der Waals surface area contributed by atoms with E-state index < -0.39 is 4.92 Å². The summed E-state index contributed by atoms with van der Waals surface area (Å²) in [5.41, 5.74) is 1.92. The summed E-state index contributed by atoms with van der Waals surface area (Å²) in [4.78, 5) is 28.9. The number of rotatable bonds is 9. The highest BCUT2D eigenvalue weighted by Crippen LogP contribution is 2.18. The normalized spacial score (nSPS) is 13.4. The predicted molar refractivity (Wildman–Crippen MR) is 108 cm³/mol. The molecule has 0 spiro atoms. The average molecular weight is 383 g/mol. The molecule has 1 aliphatic rings. The van der Waals surface area contributed by atoms with E-state index in [9.17, 15) is 14.9 Å². The van der Waals surface area contributed by atoms with Crippen molar-refractivity contribution < 1.29 is 9.72 Å². The Morgan fingerprint density at radius 1 is 1.18 bits per heavy atom. The van der Waals surface area contributed by atoms with Gasteiger partial charge in [-0.15, -0.1) is 0 Å². The van der Waals surface area contributed by atoms with Crippen LogP contribution in [0.25, 0.3) is 0 Å². The number of carbonyl (C=O) groups excluding carboxylic acids is 1. The van der Waals surface area contributed by atoms with Crippen molar-refractivity contribution in [1.82, 2.24) is 10.3 Å². The summed E-state index contributed by atoms with van der Waals surface area (Å²) in [6.07, 6.45) is 5.30. The molecule has 1 saturated heterocycles. The van der Waals surface area contributed by atoms with Crippen molar-refractivity contribution in [3.63, 3.8) is 0 Å². The van der Waals surface area contributed by atoms with Crippen molar-refractivity contribution >= 4 is 23.1 Å². The number of non-ortho nitro benzene ring substituents is 1. The van der Waals surface area contributed by atoms with E-state index in [-0.39, 0.29) is 11.6 Å². The Morgan fingerprint density at radius 2 is 1.93 bits per heavy atom. The largest absolute Gasteiger partial charge is 0.385 e. The Balaban J connectivity index is 1.35. The molecular weight excluding hydrogens is 358 g/mol. The maximum atomic E-state index is 12.0. The second kappa shape index (κ2) is 9.68. The number of pyridine rings is 1. The summed E-state index contributed by atoms with van der Waals surface area (Å²) in [5, 5.41) is 16.7. The van der Waals surface area contributed by atoms with Crippen LogP contribution in [0.2, 0.25) is 0 Å². The summed E-state index contributed by atoms with van der Waals surface area (Å²) in [5.74, 6) is 0.988. The zero-order valence-corrected chi connectivity index (χ0v) is 15.8. The van der Waals surface area contributed by atoms with Crippen LogP contribution in [-0.4, -0.2) is 35.4 Å². The van der Waals surface area contributed by atoms with Crippen LogP contribution in [0.5, 0.6) is 0 Å². The molecule has 2 N–H and O–H groups in total. The molecule has 0 aliphatic carbocycles. The molecule has 8 nitrogen and oxygen atoms in total. The monoisotopic (exact) mass is 383 g/mol. The van der Waals surface area contributed by atoms with Gasteiger partial charge in [-0.2, -0.15) is 0 Å². The lowest BCUT2D eigenvalue weighted by molar-refractivity contribution is -0.384. The zero-order chi connectivity index (χ0) is 19.8. The minimum atomic E-state index is -0.426. The van der Waals surface area contributed by atoms with Crippen LogP contribution in [0, 0.1) is 10.1 Å². The second-order valence-corrected chi connectivity index (χ2v) is 6.83. The van der Waals surface area contributed by atoms with E-state index in [0.29, 0.717) is 25.9 Å². The molecule has 0 unspecified atom stereocenters. The standard InChI is InChI=1S/C20H25N5O3/c26-20(4-3-10-21-17-5-7-18(8-6-17)25(27)28)23-15-16-9-11-22-19(14-16)24-12-1-2-13-24/h5-9,11,14,21H,1-4,10,12-13,15H2,(H,23,26). The molecule has 148 valence electrons. The number of amides is 1. The van der Waals surface area contributed by atoms with Crippen LogP contribution in [-0.2, 0) is 11.3 Å².